The topological polar surface area (TPSA) is 88.2 Å². The summed E-state index contributed by atoms with van der Waals surface area (Å²) in [6.07, 6.45) is 8.03. The van der Waals surface area contributed by atoms with Crippen LogP contribution >= 0.6 is 0 Å². The number of nitrogens with zero attached hydrogens (tertiary/aromatic N) is 1. The van der Waals surface area contributed by atoms with Crippen molar-refractivity contribution in [3.05, 3.63) is 76.2 Å². The fourth-order valence-corrected chi connectivity index (χ4v) is 4.52. The van der Waals surface area contributed by atoms with Gasteiger partial charge in [0.25, 0.3) is 0 Å². The molecule has 4 nitrogen and oxygen atoms in total. The number of aliphatic imine (C=N–C) groups is 1. The maximum absolute atomic E-state index is 7.46. The molecule has 3 rings (SSSR count). The van der Waals surface area contributed by atoms with E-state index in [-0.39, 0.29) is 11.5 Å². The molecule has 2 atom stereocenters. The van der Waals surface area contributed by atoms with Crippen molar-refractivity contribution in [1.82, 2.24) is 0 Å². The van der Waals surface area contributed by atoms with Crippen LogP contribution in [0.2, 0.25) is 0 Å². The molecule has 0 saturated carbocycles. The third-order valence-electron chi connectivity index (χ3n) is 6.07. The Labute approximate surface area is 167 Å². The summed E-state index contributed by atoms with van der Waals surface area (Å²) in [6.45, 7) is 8.52. The second-order valence-corrected chi connectivity index (χ2v) is 7.94. The zero-order valence-electron chi connectivity index (χ0n) is 16.9. The first-order valence-corrected chi connectivity index (χ1v) is 9.96. The molecule has 0 bridgehead atoms. The Morgan fingerprint density at radius 2 is 2.14 bits per heavy atom. The van der Waals surface area contributed by atoms with Gasteiger partial charge in [-0.15, -0.1) is 5.73 Å². The van der Waals surface area contributed by atoms with Crippen LogP contribution in [-0.2, 0) is 6.42 Å². The number of amidine groups is 1. The van der Waals surface area contributed by atoms with Gasteiger partial charge in [-0.05, 0) is 66.4 Å². The Hall–Kier alpha value is -2.68. The third-order valence-corrected chi connectivity index (χ3v) is 6.07. The summed E-state index contributed by atoms with van der Waals surface area (Å²) in [4.78, 5) is 4.54. The molecule has 146 valence electrons. The van der Waals surface area contributed by atoms with Crippen LogP contribution in [0, 0.1) is 10.8 Å². The zero-order chi connectivity index (χ0) is 20.3. The first-order chi connectivity index (χ1) is 13.4. The molecule has 28 heavy (non-hydrogen) atoms. The quantitative estimate of drug-likeness (QED) is 0.475. The number of nitrogens with two attached hydrogens (primary N) is 2. The van der Waals surface area contributed by atoms with Crippen molar-refractivity contribution in [2.24, 2.45) is 21.9 Å². The maximum atomic E-state index is 7.46. The SMILES string of the molecule is C=C(CCC1(CCC)Cc2ccccc2[C@H]1N)C1=C(C)C=C=C(C=N)C(N)=N1. The Morgan fingerprint density at radius 3 is 2.82 bits per heavy atom. The van der Waals surface area contributed by atoms with Crippen LogP contribution < -0.4 is 11.5 Å². The summed E-state index contributed by atoms with van der Waals surface area (Å²) in [7, 11) is 0. The lowest BCUT2D eigenvalue weighted by Crippen LogP contribution is -2.31. The van der Waals surface area contributed by atoms with Crippen molar-refractivity contribution in [2.45, 2.75) is 52.0 Å². The Bertz CT molecular complexity index is 928. The van der Waals surface area contributed by atoms with E-state index in [0.717, 1.165) is 48.9 Å². The molecule has 0 saturated heterocycles. The fraction of sp³-hybridized carbons (Fsp3) is 0.375. The summed E-state index contributed by atoms with van der Waals surface area (Å²) in [5.74, 6) is 0.312. The number of hydrogen-bond acceptors (Lipinski definition) is 4. The average molecular weight is 375 g/mol. The van der Waals surface area contributed by atoms with E-state index in [9.17, 15) is 0 Å². The van der Waals surface area contributed by atoms with Crippen molar-refractivity contribution >= 4 is 12.1 Å². The van der Waals surface area contributed by atoms with E-state index in [1.165, 1.54) is 17.3 Å². The molecule has 0 fully saturated rings. The molecule has 4 heteroatoms. The molecule has 1 aromatic carbocycles. The highest BCUT2D eigenvalue weighted by Gasteiger charge is 2.42. The Balaban J connectivity index is 1.81. The van der Waals surface area contributed by atoms with E-state index in [0.29, 0.717) is 11.4 Å². The minimum Gasteiger partial charge on any atom is -0.383 e. The van der Waals surface area contributed by atoms with Gasteiger partial charge in [-0.2, -0.15) is 0 Å². The lowest BCUT2D eigenvalue weighted by atomic mass is 9.73. The maximum Gasteiger partial charge on any atom is 0.140 e. The van der Waals surface area contributed by atoms with E-state index in [4.69, 9.17) is 16.9 Å². The molecule has 1 heterocycles. The van der Waals surface area contributed by atoms with Crippen LogP contribution in [-0.4, -0.2) is 12.1 Å². The second-order valence-electron chi connectivity index (χ2n) is 7.94. The fourth-order valence-electron chi connectivity index (χ4n) is 4.52. The first kappa shape index (κ1) is 20.1. The van der Waals surface area contributed by atoms with Gasteiger partial charge in [-0.3, -0.25) is 0 Å². The summed E-state index contributed by atoms with van der Waals surface area (Å²) in [5, 5.41) is 7.46. The third kappa shape index (κ3) is 3.66. The number of allylic oxidation sites excluding steroid dienone is 2. The molecule has 0 radical (unpaired) electrons. The van der Waals surface area contributed by atoms with Gasteiger partial charge < -0.3 is 16.9 Å². The van der Waals surface area contributed by atoms with Gasteiger partial charge in [0.2, 0.25) is 0 Å². The molecule has 0 spiro atoms. The number of fused-ring (bicyclic) bond motifs is 1. The van der Waals surface area contributed by atoms with E-state index < -0.39 is 0 Å². The predicted octanol–water partition coefficient (Wildman–Crippen LogP) is 4.74. The Kier molecular flexibility index (Phi) is 5.83. The Morgan fingerprint density at radius 1 is 1.39 bits per heavy atom. The van der Waals surface area contributed by atoms with E-state index in [2.05, 4.69) is 48.5 Å². The zero-order valence-corrected chi connectivity index (χ0v) is 16.9. The molecule has 1 aromatic rings. The van der Waals surface area contributed by atoms with E-state index in [1.807, 2.05) is 13.0 Å². The predicted molar refractivity (Wildman–Crippen MR) is 117 cm³/mol. The first-order valence-electron chi connectivity index (χ1n) is 9.96. The number of benzene rings is 1. The van der Waals surface area contributed by atoms with Crippen molar-refractivity contribution in [3.8, 4) is 0 Å². The van der Waals surface area contributed by atoms with Crippen LogP contribution in [0.25, 0.3) is 0 Å². The van der Waals surface area contributed by atoms with Crippen LogP contribution in [0.5, 0.6) is 0 Å². The minimum absolute atomic E-state index is 0.0558. The van der Waals surface area contributed by atoms with E-state index in [1.54, 1.807) is 0 Å². The summed E-state index contributed by atoms with van der Waals surface area (Å²) >= 11 is 0. The van der Waals surface area contributed by atoms with Gasteiger partial charge >= 0.3 is 0 Å². The van der Waals surface area contributed by atoms with Crippen molar-refractivity contribution < 1.29 is 0 Å². The normalized spacial score (nSPS) is 23.8. The van der Waals surface area contributed by atoms with Gasteiger partial charge in [-0.25, -0.2) is 4.99 Å². The van der Waals surface area contributed by atoms with Gasteiger partial charge in [0.1, 0.15) is 5.84 Å². The summed E-state index contributed by atoms with van der Waals surface area (Å²) in [5.41, 5.74) is 21.8. The average Bonchev–Trinajstić information content (AvgIpc) is 2.87. The molecular formula is C24H30N4. The smallest absolute Gasteiger partial charge is 0.140 e. The lowest BCUT2D eigenvalue weighted by molar-refractivity contribution is 0.203. The van der Waals surface area contributed by atoms with E-state index >= 15 is 0 Å². The molecule has 1 aliphatic heterocycles. The van der Waals surface area contributed by atoms with Crippen molar-refractivity contribution in [2.75, 3.05) is 0 Å². The molecule has 1 aliphatic carbocycles. The van der Waals surface area contributed by atoms with Crippen molar-refractivity contribution in [1.29, 1.82) is 5.41 Å². The highest BCUT2D eigenvalue weighted by atomic mass is 14.9. The molecule has 1 unspecified atom stereocenters. The second kappa shape index (κ2) is 8.14. The summed E-state index contributed by atoms with van der Waals surface area (Å²) in [6, 6.07) is 8.62. The molecular weight excluding hydrogens is 344 g/mol. The number of hydrogen-bond donors (Lipinski definition) is 3. The van der Waals surface area contributed by atoms with Crippen LogP contribution in [0.3, 0.4) is 0 Å². The summed E-state index contributed by atoms with van der Waals surface area (Å²) < 4.78 is 0. The largest absolute Gasteiger partial charge is 0.383 e. The molecule has 0 amide bonds. The molecule has 5 N–H and O–H groups in total. The minimum atomic E-state index is 0.0558. The number of rotatable bonds is 7. The molecule has 2 aliphatic rings. The van der Waals surface area contributed by atoms with Crippen LogP contribution in [0.1, 0.15) is 56.7 Å². The standard InChI is InChI=1S/C24H30N4/c1-4-12-24(14-18-7-5-6-8-20(18)22(24)26)13-11-17(3)21-16(2)9-10-19(15-25)23(27)28-21/h5-9,15,22,25H,3-4,11-14,26H2,1-2H3,(H2,27,28)/t22-,24?/m1/s1. The monoisotopic (exact) mass is 374 g/mol. The molecule has 0 aromatic heterocycles. The highest BCUT2D eigenvalue weighted by Crippen LogP contribution is 2.51. The van der Waals surface area contributed by atoms with Crippen molar-refractivity contribution in [3.63, 3.8) is 0 Å². The van der Waals surface area contributed by atoms with Gasteiger partial charge in [0.15, 0.2) is 0 Å². The highest BCUT2D eigenvalue weighted by molar-refractivity contribution is 6.14. The van der Waals surface area contributed by atoms with Gasteiger partial charge in [-0.1, -0.05) is 44.2 Å². The van der Waals surface area contributed by atoms with Gasteiger partial charge in [0, 0.05) is 12.3 Å². The van der Waals surface area contributed by atoms with Crippen LogP contribution in [0.4, 0.5) is 0 Å². The van der Waals surface area contributed by atoms with Gasteiger partial charge in [0.05, 0.1) is 11.3 Å². The van der Waals surface area contributed by atoms with Crippen LogP contribution in [0.15, 0.2) is 70.1 Å². The number of nitrogens with one attached hydrogen (secondary N) is 1. The lowest BCUT2D eigenvalue weighted by Gasteiger charge is -2.34.